The molecule has 2 aliphatic carbocycles. The Morgan fingerprint density at radius 3 is 2.43 bits per heavy atom. The van der Waals surface area contributed by atoms with E-state index in [1.807, 2.05) is 19.9 Å². The molecule has 6 heteroatoms. The van der Waals surface area contributed by atoms with E-state index < -0.39 is 23.2 Å². The molecule has 1 atom stereocenters. The van der Waals surface area contributed by atoms with Crippen molar-refractivity contribution in [3.8, 4) is 11.1 Å². The van der Waals surface area contributed by atoms with E-state index >= 15 is 0 Å². The average molecular weight is 323 g/mol. The Kier molecular flexibility index (Phi) is 3.23. The molecule has 0 aromatic carbocycles. The molecule has 1 heterocycles. The van der Waals surface area contributed by atoms with Crippen LogP contribution in [-0.2, 0) is 10.4 Å². The summed E-state index contributed by atoms with van der Waals surface area (Å²) < 4.78 is 40.2. The van der Waals surface area contributed by atoms with Crippen LogP contribution in [0.3, 0.4) is 0 Å². The van der Waals surface area contributed by atoms with Crippen LogP contribution in [0.4, 0.5) is 18.9 Å². The lowest BCUT2D eigenvalue weighted by molar-refractivity contribution is -0.254. The predicted molar refractivity (Wildman–Crippen MR) is 80.5 cm³/mol. The molecule has 0 saturated heterocycles. The third-order valence-corrected chi connectivity index (χ3v) is 4.39. The maximum atomic E-state index is 13.4. The summed E-state index contributed by atoms with van der Waals surface area (Å²) in [7, 11) is 0. The zero-order valence-corrected chi connectivity index (χ0v) is 12.9. The number of nitrogens with one attached hydrogen (secondary N) is 1. The van der Waals surface area contributed by atoms with Crippen molar-refractivity contribution in [2.24, 2.45) is 0 Å². The molecule has 3 rings (SSSR count). The van der Waals surface area contributed by atoms with Crippen LogP contribution in [-0.4, -0.2) is 17.2 Å². The van der Waals surface area contributed by atoms with Gasteiger partial charge in [-0.2, -0.15) is 13.2 Å². The Labute approximate surface area is 131 Å². The van der Waals surface area contributed by atoms with Crippen molar-refractivity contribution in [2.45, 2.75) is 38.5 Å². The fourth-order valence-electron chi connectivity index (χ4n) is 3.03. The van der Waals surface area contributed by atoms with Gasteiger partial charge in [-0.05, 0) is 35.6 Å². The number of aliphatic hydroxyl groups is 1. The molecule has 0 aromatic heterocycles. The Bertz CT molecular complexity index is 782. The van der Waals surface area contributed by atoms with E-state index in [-0.39, 0.29) is 17.2 Å². The van der Waals surface area contributed by atoms with Crippen LogP contribution in [0.25, 0.3) is 11.1 Å². The first-order chi connectivity index (χ1) is 10.6. The fraction of sp³-hybridized carbons (Fsp3) is 0.353. The standard InChI is InChI=1S/C17H16F3NO2/c1-8(2)10-4-5-13-14-11(7-10)9(3)6-12(14)16(23,15(22)21-13)17(18,19)20/h4-8,23H,1-3H3,(H,21,22). The minimum atomic E-state index is -5.10. The number of amides is 1. The van der Waals surface area contributed by atoms with E-state index in [9.17, 15) is 23.1 Å². The molecule has 1 unspecified atom stereocenters. The zero-order chi connectivity index (χ0) is 17.2. The van der Waals surface area contributed by atoms with Gasteiger partial charge < -0.3 is 10.4 Å². The number of carbonyl (C=O) groups is 1. The average Bonchev–Trinajstić information content (AvgIpc) is 2.64. The minimum absolute atomic E-state index is 0.175. The van der Waals surface area contributed by atoms with E-state index in [0.29, 0.717) is 11.1 Å². The lowest BCUT2D eigenvalue weighted by atomic mass is 9.86. The molecule has 122 valence electrons. The van der Waals surface area contributed by atoms with Crippen LogP contribution in [0.2, 0.25) is 0 Å². The Morgan fingerprint density at radius 2 is 1.87 bits per heavy atom. The molecule has 3 aliphatic rings. The van der Waals surface area contributed by atoms with Gasteiger partial charge in [0.1, 0.15) is 0 Å². The predicted octanol–water partition coefficient (Wildman–Crippen LogP) is 3.93. The maximum Gasteiger partial charge on any atom is 0.430 e. The van der Waals surface area contributed by atoms with Gasteiger partial charge in [-0.25, -0.2) is 0 Å². The minimum Gasteiger partial charge on any atom is -0.368 e. The highest BCUT2D eigenvalue weighted by Crippen LogP contribution is 2.51. The third kappa shape index (κ3) is 2.05. The summed E-state index contributed by atoms with van der Waals surface area (Å²) in [4.78, 5) is 12.0. The van der Waals surface area contributed by atoms with Crippen molar-refractivity contribution in [1.82, 2.24) is 0 Å². The summed E-state index contributed by atoms with van der Waals surface area (Å²) in [6, 6.07) is 6.44. The van der Waals surface area contributed by atoms with Gasteiger partial charge >= 0.3 is 6.18 Å². The van der Waals surface area contributed by atoms with E-state index in [4.69, 9.17) is 0 Å². The Hall–Kier alpha value is -2.08. The molecule has 0 fully saturated rings. The quantitative estimate of drug-likeness (QED) is 0.835. The molecule has 3 nitrogen and oxygen atoms in total. The van der Waals surface area contributed by atoms with Crippen LogP contribution >= 0.6 is 0 Å². The van der Waals surface area contributed by atoms with E-state index in [1.54, 1.807) is 19.1 Å². The highest BCUT2D eigenvalue weighted by Gasteiger charge is 2.63. The highest BCUT2D eigenvalue weighted by atomic mass is 19.4. The smallest absolute Gasteiger partial charge is 0.368 e. The van der Waals surface area contributed by atoms with Crippen molar-refractivity contribution in [1.29, 1.82) is 0 Å². The number of halogens is 3. The normalized spacial score (nSPS) is 21.0. The highest BCUT2D eigenvalue weighted by molar-refractivity contribution is 6.08. The summed E-state index contributed by atoms with van der Waals surface area (Å²) >= 11 is 0. The molecule has 0 aromatic rings. The van der Waals surface area contributed by atoms with Crippen LogP contribution in [0, 0.1) is 6.92 Å². The first-order valence-electron chi connectivity index (χ1n) is 7.25. The lowest BCUT2D eigenvalue weighted by Gasteiger charge is -2.33. The summed E-state index contributed by atoms with van der Waals surface area (Å²) in [5, 5.41) is 12.4. The lowest BCUT2D eigenvalue weighted by Crippen LogP contribution is -2.53. The van der Waals surface area contributed by atoms with Crippen molar-refractivity contribution in [3.63, 3.8) is 0 Å². The van der Waals surface area contributed by atoms with E-state index in [0.717, 1.165) is 5.56 Å². The van der Waals surface area contributed by atoms with Crippen LogP contribution in [0.15, 0.2) is 24.3 Å². The topological polar surface area (TPSA) is 49.3 Å². The van der Waals surface area contributed by atoms with Gasteiger partial charge in [-0.3, -0.25) is 4.79 Å². The zero-order valence-electron chi connectivity index (χ0n) is 12.9. The number of carbonyl (C=O) groups excluding carboxylic acids is 1. The SMILES string of the molecule is Cc1cc2c3c(ccc(C(C)C)cc1-3)NC(=O)C2(O)C(F)(F)F. The summed E-state index contributed by atoms with van der Waals surface area (Å²) in [5.74, 6) is -1.30. The van der Waals surface area contributed by atoms with Crippen LogP contribution in [0.1, 0.15) is 36.5 Å². The number of hydrogen-bond donors (Lipinski definition) is 2. The number of rotatable bonds is 1. The number of anilines is 1. The molecule has 1 amide bonds. The monoisotopic (exact) mass is 323 g/mol. The Balaban J connectivity index is 2.38. The number of alkyl halides is 3. The summed E-state index contributed by atoms with van der Waals surface area (Å²) in [5.41, 5.74) is -1.27. The van der Waals surface area contributed by atoms with Crippen molar-refractivity contribution in [3.05, 3.63) is 41.0 Å². The van der Waals surface area contributed by atoms with Gasteiger partial charge in [0.15, 0.2) is 0 Å². The van der Waals surface area contributed by atoms with Gasteiger partial charge in [0.2, 0.25) is 0 Å². The third-order valence-electron chi connectivity index (χ3n) is 4.39. The van der Waals surface area contributed by atoms with Crippen LogP contribution in [0.5, 0.6) is 0 Å². The summed E-state index contributed by atoms with van der Waals surface area (Å²) in [6.07, 6.45) is -5.10. The van der Waals surface area contributed by atoms with Gasteiger partial charge in [0, 0.05) is 16.8 Å². The largest absolute Gasteiger partial charge is 0.430 e. The van der Waals surface area contributed by atoms with Crippen molar-refractivity contribution in [2.75, 3.05) is 5.32 Å². The first-order valence-corrected chi connectivity index (χ1v) is 7.25. The molecule has 1 aliphatic heterocycles. The second kappa shape index (κ2) is 4.71. The molecular weight excluding hydrogens is 307 g/mol. The molecular formula is C17H16F3NO2. The van der Waals surface area contributed by atoms with Crippen molar-refractivity contribution >= 4 is 11.6 Å². The molecule has 0 bridgehead atoms. The molecule has 23 heavy (non-hydrogen) atoms. The molecule has 0 saturated carbocycles. The van der Waals surface area contributed by atoms with E-state index in [1.165, 1.54) is 6.07 Å². The number of hydrogen-bond acceptors (Lipinski definition) is 2. The van der Waals surface area contributed by atoms with Gasteiger partial charge in [0.05, 0.1) is 0 Å². The van der Waals surface area contributed by atoms with Gasteiger partial charge in [0.25, 0.3) is 11.5 Å². The second-order valence-corrected chi connectivity index (χ2v) is 6.24. The fourth-order valence-corrected chi connectivity index (χ4v) is 3.03. The number of aryl methyl sites for hydroxylation is 1. The summed E-state index contributed by atoms with van der Waals surface area (Å²) in [6.45, 7) is 5.63. The van der Waals surface area contributed by atoms with Gasteiger partial charge in [-0.1, -0.05) is 32.0 Å². The maximum absolute atomic E-state index is 13.4. The van der Waals surface area contributed by atoms with Crippen LogP contribution < -0.4 is 5.32 Å². The second-order valence-electron chi connectivity index (χ2n) is 6.24. The Morgan fingerprint density at radius 1 is 1.22 bits per heavy atom. The van der Waals surface area contributed by atoms with Crippen molar-refractivity contribution < 1.29 is 23.1 Å². The first kappa shape index (κ1) is 15.8. The molecule has 2 N–H and O–H groups in total. The molecule has 0 spiro atoms. The van der Waals surface area contributed by atoms with E-state index in [2.05, 4.69) is 5.32 Å². The molecule has 0 radical (unpaired) electrons. The van der Waals surface area contributed by atoms with Gasteiger partial charge in [-0.15, -0.1) is 0 Å².